The summed E-state index contributed by atoms with van der Waals surface area (Å²) < 4.78 is 38.5. The van der Waals surface area contributed by atoms with E-state index >= 15 is 0 Å². The predicted octanol–water partition coefficient (Wildman–Crippen LogP) is 1.23. The third-order valence-corrected chi connectivity index (χ3v) is 4.87. The molecule has 0 heterocycles. The van der Waals surface area contributed by atoms with Gasteiger partial charge in [0.05, 0.1) is 0 Å². The summed E-state index contributed by atoms with van der Waals surface area (Å²) in [7, 11) is -8.40. The van der Waals surface area contributed by atoms with Gasteiger partial charge in [0.25, 0.3) is 0 Å². The van der Waals surface area contributed by atoms with Crippen molar-refractivity contribution in [1.29, 1.82) is 0 Å². The van der Waals surface area contributed by atoms with Crippen molar-refractivity contribution in [3.8, 4) is 0 Å². The van der Waals surface area contributed by atoms with Crippen LogP contribution in [0.4, 0.5) is 0 Å². The molecule has 4 unspecified atom stereocenters. The molecule has 0 rings (SSSR count). The fraction of sp³-hybridized carbons (Fsp3) is 1.00. The third-order valence-electron chi connectivity index (χ3n) is 1.62. The van der Waals surface area contributed by atoms with Gasteiger partial charge in [-0.25, -0.2) is 0 Å². The average molecular weight is 473 g/mol. The maximum Gasteiger partial charge on any atom is 2.00 e. The standard InChI is InChI=1S/4C3H7O2P.2Mg/c4*1-2-3-6(4)5;;/h4*2-3H2,1H3;;/q;;;;2*+2. The topological polar surface area (TPSA) is 161 Å². The van der Waals surface area contributed by atoms with Crippen LogP contribution in [0.5, 0.6) is 0 Å². The zero-order chi connectivity index (χ0) is 20.0. The summed E-state index contributed by atoms with van der Waals surface area (Å²) in [5.41, 5.74) is 0. The molecule has 0 amide bonds. The van der Waals surface area contributed by atoms with Gasteiger partial charge in [-0.2, -0.15) is 0 Å². The van der Waals surface area contributed by atoms with Gasteiger partial charge in [-0.05, 0) is 25.7 Å². The molecular formula is C12H28Mg2O8P4+4. The van der Waals surface area contributed by atoms with E-state index in [1.807, 2.05) is 27.7 Å². The van der Waals surface area contributed by atoms with Crippen LogP contribution >= 0.6 is 32.1 Å². The Morgan fingerprint density at radius 2 is 0.577 bits per heavy atom. The second kappa shape index (κ2) is 37.5. The molecule has 0 saturated heterocycles. The summed E-state index contributed by atoms with van der Waals surface area (Å²) in [5, 5.41) is 0. The average Bonchev–Trinajstić information content (AvgIpc) is 2.39. The van der Waals surface area contributed by atoms with Crippen molar-refractivity contribution >= 4 is 78.2 Å². The van der Waals surface area contributed by atoms with Crippen molar-refractivity contribution in [1.82, 2.24) is 0 Å². The van der Waals surface area contributed by atoms with Gasteiger partial charge in [-0.3, -0.25) is 0 Å². The molecule has 0 aromatic rings. The molecule has 0 saturated carbocycles. The van der Waals surface area contributed by atoms with Crippen LogP contribution in [0.2, 0.25) is 0 Å². The minimum Gasteiger partial charge on any atom is -0.596 e. The molecule has 0 aromatic carbocycles. The van der Waals surface area contributed by atoms with Crippen molar-refractivity contribution in [3.05, 3.63) is 0 Å². The molecule has 14 heteroatoms. The molecule has 0 radical (unpaired) electrons. The minimum atomic E-state index is -2.10. The zero-order valence-electron chi connectivity index (χ0n) is 16.1. The minimum absolute atomic E-state index is 0. The molecule has 0 aliphatic carbocycles. The molecule has 0 N–H and O–H groups in total. The monoisotopic (exact) mass is 472 g/mol. The molecule has 0 aliphatic heterocycles. The Labute approximate surface area is 193 Å². The summed E-state index contributed by atoms with van der Waals surface area (Å²) in [6.45, 7) is 7.35. The fourth-order valence-corrected chi connectivity index (χ4v) is 2.19. The number of hydrogen-bond acceptors (Lipinski definition) is 8. The zero-order valence-corrected chi connectivity index (χ0v) is 22.5. The van der Waals surface area contributed by atoms with E-state index in [0.717, 1.165) is 25.7 Å². The Morgan fingerprint density at radius 3 is 0.577 bits per heavy atom. The fourth-order valence-electron chi connectivity index (χ4n) is 0.730. The van der Waals surface area contributed by atoms with E-state index in [1.54, 1.807) is 0 Å². The van der Waals surface area contributed by atoms with Gasteiger partial charge >= 0.3 is 78.2 Å². The normalized spacial score (nSPS) is 10.5. The molecule has 26 heavy (non-hydrogen) atoms. The van der Waals surface area contributed by atoms with E-state index in [-0.39, 0.29) is 46.1 Å². The largest absolute Gasteiger partial charge is 2.00 e. The van der Waals surface area contributed by atoms with Gasteiger partial charge in [0.1, 0.15) is 24.6 Å². The van der Waals surface area contributed by atoms with Crippen LogP contribution in [-0.2, 0) is 18.3 Å². The molecule has 4 atom stereocenters. The first-order valence-electron chi connectivity index (χ1n) is 7.55. The second-order valence-corrected chi connectivity index (χ2v) is 8.68. The van der Waals surface area contributed by atoms with E-state index in [9.17, 15) is 37.8 Å². The predicted molar refractivity (Wildman–Crippen MR) is 103 cm³/mol. The van der Waals surface area contributed by atoms with Crippen molar-refractivity contribution in [3.63, 3.8) is 0 Å². The Bertz CT molecular complexity index is 285. The van der Waals surface area contributed by atoms with E-state index < -0.39 is 32.1 Å². The molecule has 0 fully saturated rings. The van der Waals surface area contributed by atoms with E-state index in [1.165, 1.54) is 0 Å². The Kier molecular flexibility index (Phi) is 60.6. The first-order chi connectivity index (χ1) is 11.1. The van der Waals surface area contributed by atoms with E-state index in [2.05, 4.69) is 0 Å². The summed E-state index contributed by atoms with van der Waals surface area (Å²) in [6, 6.07) is 0. The van der Waals surface area contributed by atoms with Crippen molar-refractivity contribution in [2.75, 3.05) is 24.6 Å². The maximum atomic E-state index is 9.64. The summed E-state index contributed by atoms with van der Waals surface area (Å²) >= 11 is 0. The Morgan fingerprint density at radius 1 is 0.462 bits per heavy atom. The summed E-state index contributed by atoms with van der Waals surface area (Å²) in [4.78, 5) is 38.5. The van der Waals surface area contributed by atoms with Crippen molar-refractivity contribution in [2.45, 2.75) is 53.4 Å². The van der Waals surface area contributed by atoms with Crippen molar-refractivity contribution < 1.29 is 37.8 Å². The van der Waals surface area contributed by atoms with Crippen LogP contribution in [0.3, 0.4) is 0 Å². The van der Waals surface area contributed by atoms with Gasteiger partial charge in [0, 0.05) is 0 Å². The van der Waals surface area contributed by atoms with Crippen LogP contribution in [0.15, 0.2) is 0 Å². The molecular weight excluding hydrogens is 445 g/mol. The molecule has 0 aliphatic rings. The first kappa shape index (κ1) is 42.0. The number of rotatable bonds is 8. The first-order valence-corrected chi connectivity index (χ1v) is 13.0. The van der Waals surface area contributed by atoms with Gasteiger partial charge in [0.15, 0.2) is 0 Å². The quantitative estimate of drug-likeness (QED) is 0.376. The Balaban J connectivity index is -0.0000000500. The van der Waals surface area contributed by atoms with Crippen LogP contribution in [0.1, 0.15) is 53.4 Å². The molecule has 8 nitrogen and oxygen atoms in total. The Hall–Kier alpha value is 1.77. The van der Waals surface area contributed by atoms with Crippen LogP contribution < -0.4 is 19.6 Å². The van der Waals surface area contributed by atoms with Crippen LogP contribution in [-0.4, -0.2) is 70.8 Å². The number of hydrogen-bond donors (Lipinski definition) is 0. The van der Waals surface area contributed by atoms with E-state index in [4.69, 9.17) is 0 Å². The molecule has 0 spiro atoms. The molecule has 144 valence electrons. The van der Waals surface area contributed by atoms with E-state index in [0.29, 0.717) is 24.6 Å². The van der Waals surface area contributed by atoms with Crippen LogP contribution in [0.25, 0.3) is 0 Å². The van der Waals surface area contributed by atoms with Gasteiger partial charge in [-0.1, -0.05) is 46.0 Å². The van der Waals surface area contributed by atoms with Crippen molar-refractivity contribution in [2.24, 2.45) is 0 Å². The molecule has 0 bridgehead atoms. The maximum absolute atomic E-state index is 9.64. The van der Waals surface area contributed by atoms with Gasteiger partial charge in [0.2, 0.25) is 0 Å². The summed E-state index contributed by atoms with van der Waals surface area (Å²) in [6.07, 6.45) is 4.25. The summed E-state index contributed by atoms with van der Waals surface area (Å²) in [5.74, 6) is 0. The smallest absolute Gasteiger partial charge is 0.596 e. The molecule has 0 aromatic heterocycles. The van der Waals surface area contributed by atoms with Crippen LogP contribution in [0, 0.1) is 0 Å². The SMILES string of the molecule is CCC[P+](=O)[O-].CCC[P+](=O)[O-].CCC[P+](=O)[O-].CCC[P+](=O)[O-].[Mg+2].[Mg+2]. The third kappa shape index (κ3) is 83.4. The second-order valence-electron chi connectivity index (χ2n) is 4.23. The van der Waals surface area contributed by atoms with Gasteiger partial charge < -0.3 is 19.6 Å². The van der Waals surface area contributed by atoms with Gasteiger partial charge in [-0.15, -0.1) is 0 Å².